The summed E-state index contributed by atoms with van der Waals surface area (Å²) in [5, 5.41) is 17.6. The molecule has 0 radical (unpaired) electrons. The maximum Gasteiger partial charge on any atom is 0.322 e. The predicted molar refractivity (Wildman–Crippen MR) is 93.6 cm³/mol. The normalized spacial score (nSPS) is 12.5. The summed E-state index contributed by atoms with van der Waals surface area (Å²) in [6.07, 6.45) is -0.856. The maximum atomic E-state index is 12.2. The standard InChI is InChI=1S/C16H14BrNO6S/c17-12-5-1-10(2-6-12)11-3-7-13(8-4-11)25(23,24)18-14(16(21)22)9-15(19)20/h1-8,14,18H,9H2,(H,19,20)(H,21,22)/t14-/m1/s1. The molecule has 0 aliphatic carbocycles. The van der Waals surface area contributed by atoms with Crippen molar-refractivity contribution in [2.75, 3.05) is 0 Å². The zero-order valence-corrected chi connectivity index (χ0v) is 15.1. The van der Waals surface area contributed by atoms with Crippen LogP contribution in [0.2, 0.25) is 0 Å². The van der Waals surface area contributed by atoms with Gasteiger partial charge in [0.1, 0.15) is 6.04 Å². The van der Waals surface area contributed by atoms with E-state index >= 15 is 0 Å². The van der Waals surface area contributed by atoms with E-state index in [-0.39, 0.29) is 4.90 Å². The van der Waals surface area contributed by atoms with Crippen LogP contribution in [-0.2, 0) is 19.6 Å². The van der Waals surface area contributed by atoms with Gasteiger partial charge in [-0.3, -0.25) is 9.59 Å². The number of carboxylic acids is 2. The van der Waals surface area contributed by atoms with Gasteiger partial charge in [-0.15, -0.1) is 0 Å². The van der Waals surface area contributed by atoms with E-state index in [1.807, 2.05) is 29.0 Å². The van der Waals surface area contributed by atoms with Crippen LogP contribution in [0.1, 0.15) is 6.42 Å². The van der Waals surface area contributed by atoms with Crippen LogP contribution in [0.3, 0.4) is 0 Å². The van der Waals surface area contributed by atoms with Gasteiger partial charge in [0.05, 0.1) is 11.3 Å². The third kappa shape index (κ3) is 5.12. The van der Waals surface area contributed by atoms with Crippen LogP contribution in [0.15, 0.2) is 57.9 Å². The highest BCUT2D eigenvalue weighted by atomic mass is 79.9. The maximum absolute atomic E-state index is 12.2. The average Bonchev–Trinajstić information content (AvgIpc) is 2.54. The average molecular weight is 428 g/mol. The molecule has 0 unspecified atom stereocenters. The molecule has 9 heteroatoms. The van der Waals surface area contributed by atoms with Crippen molar-refractivity contribution in [2.45, 2.75) is 17.4 Å². The first kappa shape index (κ1) is 19.1. The molecule has 1 atom stereocenters. The Balaban J connectivity index is 2.23. The number of aliphatic carboxylic acids is 2. The van der Waals surface area contributed by atoms with Gasteiger partial charge in [-0.25, -0.2) is 8.42 Å². The molecule has 2 rings (SSSR count). The van der Waals surface area contributed by atoms with Crippen molar-refractivity contribution < 1.29 is 28.2 Å². The first-order valence-electron chi connectivity index (χ1n) is 7.02. The molecule has 0 saturated heterocycles. The summed E-state index contributed by atoms with van der Waals surface area (Å²) in [6.45, 7) is 0. The number of hydrogen-bond donors (Lipinski definition) is 3. The predicted octanol–water partition coefficient (Wildman–Crippen LogP) is 2.32. The van der Waals surface area contributed by atoms with Crippen LogP contribution in [-0.4, -0.2) is 36.6 Å². The number of carbonyl (C=O) groups is 2. The molecule has 0 heterocycles. The van der Waals surface area contributed by atoms with Crippen molar-refractivity contribution in [1.82, 2.24) is 4.72 Å². The van der Waals surface area contributed by atoms with E-state index in [0.717, 1.165) is 15.6 Å². The SMILES string of the molecule is O=C(O)C[C@@H](NS(=O)(=O)c1ccc(-c2ccc(Br)cc2)cc1)C(=O)O. The Morgan fingerprint density at radius 2 is 1.44 bits per heavy atom. The minimum absolute atomic E-state index is 0.148. The molecule has 2 aromatic rings. The topological polar surface area (TPSA) is 121 Å². The lowest BCUT2D eigenvalue weighted by Crippen LogP contribution is -2.42. The molecule has 0 spiro atoms. The number of benzene rings is 2. The van der Waals surface area contributed by atoms with E-state index in [9.17, 15) is 18.0 Å². The van der Waals surface area contributed by atoms with E-state index < -0.39 is 34.4 Å². The minimum atomic E-state index is -4.16. The molecule has 132 valence electrons. The van der Waals surface area contributed by atoms with Gasteiger partial charge < -0.3 is 10.2 Å². The van der Waals surface area contributed by atoms with E-state index in [1.54, 1.807) is 12.1 Å². The number of rotatable bonds is 7. The Bertz CT molecular complexity index is 878. The fourth-order valence-electron chi connectivity index (χ4n) is 2.08. The fourth-order valence-corrected chi connectivity index (χ4v) is 3.53. The molecule has 25 heavy (non-hydrogen) atoms. The largest absolute Gasteiger partial charge is 0.481 e. The van der Waals surface area contributed by atoms with Gasteiger partial charge >= 0.3 is 11.9 Å². The van der Waals surface area contributed by atoms with Crippen LogP contribution in [0, 0.1) is 0 Å². The van der Waals surface area contributed by atoms with Crippen LogP contribution in [0.25, 0.3) is 11.1 Å². The summed E-state index contributed by atoms with van der Waals surface area (Å²) < 4.78 is 27.3. The highest BCUT2D eigenvalue weighted by Gasteiger charge is 2.27. The Morgan fingerprint density at radius 1 is 0.960 bits per heavy atom. The summed E-state index contributed by atoms with van der Waals surface area (Å²) >= 11 is 3.33. The molecule has 0 fully saturated rings. The third-order valence-electron chi connectivity index (χ3n) is 3.32. The van der Waals surface area contributed by atoms with Crippen molar-refractivity contribution >= 4 is 37.9 Å². The van der Waals surface area contributed by atoms with E-state index in [1.165, 1.54) is 12.1 Å². The first-order chi connectivity index (χ1) is 11.7. The molecule has 0 bridgehead atoms. The van der Waals surface area contributed by atoms with Gasteiger partial charge in [-0.2, -0.15) is 4.72 Å². The molecular formula is C16H14BrNO6S. The van der Waals surface area contributed by atoms with Crippen LogP contribution >= 0.6 is 15.9 Å². The highest BCUT2D eigenvalue weighted by molar-refractivity contribution is 9.10. The summed E-state index contributed by atoms with van der Waals surface area (Å²) in [4.78, 5) is 21.5. The lowest BCUT2D eigenvalue weighted by atomic mass is 10.1. The minimum Gasteiger partial charge on any atom is -0.481 e. The Morgan fingerprint density at radius 3 is 1.88 bits per heavy atom. The van der Waals surface area contributed by atoms with Crippen molar-refractivity contribution in [3.05, 3.63) is 53.0 Å². The van der Waals surface area contributed by atoms with E-state index in [4.69, 9.17) is 10.2 Å². The van der Waals surface area contributed by atoms with Gasteiger partial charge in [-0.1, -0.05) is 40.2 Å². The van der Waals surface area contributed by atoms with Crippen LogP contribution in [0.5, 0.6) is 0 Å². The number of halogens is 1. The molecule has 0 aromatic heterocycles. The van der Waals surface area contributed by atoms with E-state index in [2.05, 4.69) is 15.9 Å². The highest BCUT2D eigenvalue weighted by Crippen LogP contribution is 2.23. The summed E-state index contributed by atoms with van der Waals surface area (Å²) in [7, 11) is -4.16. The summed E-state index contributed by atoms with van der Waals surface area (Å²) in [5.74, 6) is -2.97. The smallest absolute Gasteiger partial charge is 0.322 e. The van der Waals surface area contributed by atoms with Crippen molar-refractivity contribution in [3.8, 4) is 11.1 Å². The zero-order valence-electron chi connectivity index (χ0n) is 12.7. The fraction of sp³-hybridized carbons (Fsp3) is 0.125. The molecule has 0 aliphatic heterocycles. The molecule has 7 nitrogen and oxygen atoms in total. The third-order valence-corrected chi connectivity index (χ3v) is 5.33. The zero-order chi connectivity index (χ0) is 18.6. The molecule has 0 saturated carbocycles. The molecular weight excluding hydrogens is 414 g/mol. The number of hydrogen-bond acceptors (Lipinski definition) is 4. The van der Waals surface area contributed by atoms with E-state index in [0.29, 0.717) is 0 Å². The Labute approximate surface area is 152 Å². The Hall–Kier alpha value is -2.23. The van der Waals surface area contributed by atoms with Gasteiger partial charge in [0.2, 0.25) is 10.0 Å². The number of carboxylic acid groups (broad SMARTS) is 2. The van der Waals surface area contributed by atoms with Gasteiger partial charge in [0.25, 0.3) is 0 Å². The molecule has 3 N–H and O–H groups in total. The summed E-state index contributed by atoms with van der Waals surface area (Å²) in [5.41, 5.74) is 1.67. The molecule has 0 aliphatic rings. The first-order valence-corrected chi connectivity index (χ1v) is 9.29. The lowest BCUT2D eigenvalue weighted by Gasteiger charge is -2.13. The number of nitrogens with one attached hydrogen (secondary N) is 1. The van der Waals surface area contributed by atoms with Gasteiger partial charge in [0, 0.05) is 4.47 Å². The van der Waals surface area contributed by atoms with Crippen molar-refractivity contribution in [1.29, 1.82) is 0 Å². The second-order valence-electron chi connectivity index (χ2n) is 5.14. The number of sulfonamides is 1. The van der Waals surface area contributed by atoms with Crippen molar-refractivity contribution in [3.63, 3.8) is 0 Å². The Kier molecular flexibility index (Phi) is 5.93. The lowest BCUT2D eigenvalue weighted by molar-refractivity contribution is -0.145. The van der Waals surface area contributed by atoms with Gasteiger partial charge in [-0.05, 0) is 35.4 Å². The van der Waals surface area contributed by atoms with Crippen LogP contribution in [0.4, 0.5) is 0 Å². The van der Waals surface area contributed by atoms with Crippen molar-refractivity contribution in [2.24, 2.45) is 0 Å². The summed E-state index contributed by atoms with van der Waals surface area (Å²) in [6, 6.07) is 11.5. The molecule has 0 amide bonds. The monoisotopic (exact) mass is 427 g/mol. The quantitative estimate of drug-likeness (QED) is 0.623. The second-order valence-corrected chi connectivity index (χ2v) is 7.77. The van der Waals surface area contributed by atoms with Crippen LogP contribution < -0.4 is 4.72 Å². The second kappa shape index (κ2) is 7.77. The van der Waals surface area contributed by atoms with Gasteiger partial charge in [0.15, 0.2) is 0 Å². The molecule has 2 aromatic carbocycles.